The molecule has 0 bridgehead atoms. The van der Waals surface area contributed by atoms with E-state index in [9.17, 15) is 26.8 Å². The maximum Gasteiger partial charge on any atom is 0.308 e. The van der Waals surface area contributed by atoms with Crippen molar-refractivity contribution in [1.29, 1.82) is 0 Å². The smallest absolute Gasteiger partial charge is 0.308 e. The molecule has 35 heavy (non-hydrogen) atoms. The van der Waals surface area contributed by atoms with Gasteiger partial charge in [-0.15, -0.1) is 0 Å². The van der Waals surface area contributed by atoms with Gasteiger partial charge in [-0.2, -0.15) is 4.31 Å². The molecule has 10 heteroatoms. The Morgan fingerprint density at radius 3 is 2.49 bits per heavy atom. The lowest BCUT2D eigenvalue weighted by Crippen LogP contribution is -2.41. The van der Waals surface area contributed by atoms with Crippen molar-refractivity contribution in [3.63, 3.8) is 0 Å². The summed E-state index contributed by atoms with van der Waals surface area (Å²) >= 11 is 0. The fourth-order valence-corrected chi connectivity index (χ4v) is 5.62. The summed E-state index contributed by atoms with van der Waals surface area (Å²) in [6.07, 6.45) is 0.153. The summed E-state index contributed by atoms with van der Waals surface area (Å²) in [5.41, 5.74) is 1.22. The number of rotatable bonds is 7. The first-order chi connectivity index (χ1) is 16.8. The highest BCUT2D eigenvalue weighted by Gasteiger charge is 2.37. The number of hydrogen-bond donors (Lipinski definition) is 1. The average Bonchev–Trinajstić information content (AvgIpc) is 2.85. The number of carbonyl (C=O) groups is 2. The van der Waals surface area contributed by atoms with Crippen molar-refractivity contribution in [2.45, 2.75) is 23.8 Å². The van der Waals surface area contributed by atoms with Crippen LogP contribution in [0.2, 0.25) is 0 Å². The van der Waals surface area contributed by atoms with Gasteiger partial charge in [0.1, 0.15) is 11.6 Å². The molecule has 1 N–H and O–H groups in total. The SMILES string of the molecule is O=C(COC(=O)CC1c2ccccc2CCN1S(=O)(=O)c1ccccc1)Nc1cc(F)ccc1F. The molecule has 3 aromatic carbocycles. The normalized spacial score (nSPS) is 15.8. The summed E-state index contributed by atoms with van der Waals surface area (Å²) < 4.78 is 60.1. The fraction of sp³-hybridized carbons (Fsp3) is 0.200. The largest absolute Gasteiger partial charge is 0.456 e. The van der Waals surface area contributed by atoms with Crippen LogP contribution < -0.4 is 5.32 Å². The fourth-order valence-electron chi connectivity index (χ4n) is 4.00. The van der Waals surface area contributed by atoms with E-state index in [1.165, 1.54) is 16.4 Å². The number of nitrogens with one attached hydrogen (secondary N) is 1. The van der Waals surface area contributed by atoms with Gasteiger partial charge >= 0.3 is 5.97 Å². The van der Waals surface area contributed by atoms with Crippen molar-refractivity contribution in [2.24, 2.45) is 0 Å². The third-order valence-electron chi connectivity index (χ3n) is 5.64. The van der Waals surface area contributed by atoms with E-state index in [-0.39, 0.29) is 23.5 Å². The Kier molecular flexibility index (Phi) is 7.23. The highest BCUT2D eigenvalue weighted by atomic mass is 32.2. The average molecular weight is 501 g/mol. The highest BCUT2D eigenvalue weighted by Crippen LogP contribution is 2.36. The van der Waals surface area contributed by atoms with Gasteiger partial charge < -0.3 is 10.1 Å². The molecule has 1 aliphatic rings. The summed E-state index contributed by atoms with van der Waals surface area (Å²) in [5.74, 6) is -3.25. The van der Waals surface area contributed by atoms with Crippen LogP contribution >= 0.6 is 0 Å². The van der Waals surface area contributed by atoms with Crippen molar-refractivity contribution in [2.75, 3.05) is 18.5 Å². The van der Waals surface area contributed by atoms with Gasteiger partial charge in [-0.25, -0.2) is 17.2 Å². The van der Waals surface area contributed by atoms with Gasteiger partial charge in [0, 0.05) is 12.6 Å². The summed E-state index contributed by atoms with van der Waals surface area (Å²) in [5, 5.41) is 2.14. The zero-order valence-corrected chi connectivity index (χ0v) is 19.3. The number of halogens is 2. The monoisotopic (exact) mass is 500 g/mol. The molecule has 0 aromatic heterocycles. The van der Waals surface area contributed by atoms with Crippen LogP contribution in [0.1, 0.15) is 23.6 Å². The highest BCUT2D eigenvalue weighted by molar-refractivity contribution is 7.89. The van der Waals surface area contributed by atoms with Gasteiger partial charge in [0.2, 0.25) is 10.0 Å². The lowest BCUT2D eigenvalue weighted by molar-refractivity contribution is -0.148. The van der Waals surface area contributed by atoms with Crippen LogP contribution in [0.3, 0.4) is 0 Å². The number of ether oxygens (including phenoxy) is 1. The predicted octanol–water partition coefficient (Wildman–Crippen LogP) is 3.82. The minimum Gasteiger partial charge on any atom is -0.456 e. The summed E-state index contributed by atoms with van der Waals surface area (Å²) in [4.78, 5) is 24.9. The lowest BCUT2D eigenvalue weighted by Gasteiger charge is -2.36. The number of esters is 1. The Morgan fingerprint density at radius 2 is 1.71 bits per heavy atom. The first-order valence-corrected chi connectivity index (χ1v) is 12.2. The van der Waals surface area contributed by atoms with E-state index in [1.807, 2.05) is 12.1 Å². The number of fused-ring (bicyclic) bond motifs is 1. The summed E-state index contributed by atoms with van der Waals surface area (Å²) in [6.45, 7) is -0.569. The number of nitrogens with zero attached hydrogens (tertiary/aromatic N) is 1. The number of carbonyl (C=O) groups excluding carboxylic acids is 2. The molecule has 0 fully saturated rings. The molecule has 1 heterocycles. The molecular weight excluding hydrogens is 478 g/mol. The van der Waals surface area contributed by atoms with Crippen LogP contribution in [0.4, 0.5) is 14.5 Å². The first-order valence-electron chi connectivity index (χ1n) is 10.8. The molecule has 4 rings (SSSR count). The Bertz CT molecular complexity index is 1350. The van der Waals surface area contributed by atoms with Gasteiger partial charge in [0.05, 0.1) is 23.0 Å². The van der Waals surface area contributed by atoms with Crippen LogP contribution in [0, 0.1) is 11.6 Å². The number of anilines is 1. The molecule has 1 unspecified atom stereocenters. The van der Waals surface area contributed by atoms with Gasteiger partial charge in [0.25, 0.3) is 5.91 Å². The van der Waals surface area contributed by atoms with E-state index in [0.717, 1.165) is 23.8 Å². The molecule has 0 saturated carbocycles. The topological polar surface area (TPSA) is 92.8 Å². The molecule has 0 aliphatic carbocycles. The zero-order chi connectivity index (χ0) is 25.0. The summed E-state index contributed by atoms with van der Waals surface area (Å²) in [7, 11) is -3.91. The second-order valence-corrected chi connectivity index (χ2v) is 9.82. The van der Waals surface area contributed by atoms with Gasteiger partial charge in [0.15, 0.2) is 6.61 Å². The van der Waals surface area contributed by atoms with Crippen molar-refractivity contribution < 1.29 is 31.5 Å². The van der Waals surface area contributed by atoms with Crippen molar-refractivity contribution in [3.8, 4) is 0 Å². The molecule has 7 nitrogen and oxygen atoms in total. The summed E-state index contributed by atoms with van der Waals surface area (Å²) in [6, 6.07) is 16.9. The van der Waals surface area contributed by atoms with Crippen molar-refractivity contribution in [1.82, 2.24) is 4.31 Å². The van der Waals surface area contributed by atoms with Crippen molar-refractivity contribution in [3.05, 3.63) is 95.6 Å². The van der Waals surface area contributed by atoms with E-state index < -0.39 is 46.2 Å². The lowest BCUT2D eigenvalue weighted by atomic mass is 9.92. The number of amides is 1. The number of hydrogen-bond acceptors (Lipinski definition) is 5. The van der Waals surface area contributed by atoms with Crippen LogP contribution in [-0.4, -0.2) is 37.8 Å². The van der Waals surface area contributed by atoms with Gasteiger partial charge in [-0.05, 0) is 41.8 Å². The van der Waals surface area contributed by atoms with E-state index >= 15 is 0 Å². The first kappa shape index (κ1) is 24.5. The molecule has 0 radical (unpaired) electrons. The molecule has 182 valence electrons. The standard InChI is InChI=1S/C25H22F2N2O5S/c26-18-10-11-21(27)22(14-18)28-24(30)16-34-25(31)15-23-20-9-5-4-6-17(20)12-13-29(23)35(32,33)19-7-2-1-3-8-19/h1-11,14,23H,12-13,15-16H2,(H,28,30). The minimum absolute atomic E-state index is 0.106. The quantitative estimate of drug-likeness (QED) is 0.498. The van der Waals surface area contributed by atoms with Crippen LogP contribution in [0.15, 0.2) is 77.7 Å². The van der Waals surface area contributed by atoms with E-state index in [0.29, 0.717) is 12.0 Å². The Labute approximate surface area is 201 Å². The minimum atomic E-state index is -3.91. The Morgan fingerprint density at radius 1 is 1.00 bits per heavy atom. The van der Waals surface area contributed by atoms with Gasteiger partial charge in [-0.1, -0.05) is 42.5 Å². The zero-order valence-electron chi connectivity index (χ0n) is 18.5. The molecular formula is C25H22F2N2O5S. The van der Waals surface area contributed by atoms with Crippen molar-refractivity contribution >= 4 is 27.6 Å². The maximum atomic E-state index is 13.7. The third-order valence-corrected chi connectivity index (χ3v) is 7.56. The Hall–Kier alpha value is -3.63. The van der Waals surface area contributed by atoms with Crippen LogP contribution in [-0.2, 0) is 30.8 Å². The molecule has 1 atom stereocenters. The molecule has 3 aromatic rings. The number of benzene rings is 3. The molecule has 0 saturated heterocycles. The number of sulfonamides is 1. The third kappa shape index (κ3) is 5.55. The van der Waals surface area contributed by atoms with Crippen LogP contribution in [0.5, 0.6) is 0 Å². The molecule has 1 aliphatic heterocycles. The van der Waals surface area contributed by atoms with E-state index in [4.69, 9.17) is 4.74 Å². The van der Waals surface area contributed by atoms with E-state index in [2.05, 4.69) is 5.32 Å². The predicted molar refractivity (Wildman–Crippen MR) is 124 cm³/mol. The molecule has 0 spiro atoms. The second kappa shape index (κ2) is 10.3. The maximum absolute atomic E-state index is 13.7. The Balaban J connectivity index is 1.49. The van der Waals surface area contributed by atoms with Crippen LogP contribution in [0.25, 0.3) is 0 Å². The van der Waals surface area contributed by atoms with Gasteiger partial charge in [-0.3, -0.25) is 9.59 Å². The molecule has 1 amide bonds. The second-order valence-electron chi connectivity index (χ2n) is 7.93. The van der Waals surface area contributed by atoms with E-state index in [1.54, 1.807) is 30.3 Å².